The summed E-state index contributed by atoms with van der Waals surface area (Å²) in [6.07, 6.45) is 3.72. The first-order valence-electron chi connectivity index (χ1n) is 4.36. The minimum atomic E-state index is -0.579. The Labute approximate surface area is 79.7 Å². The standard InChI is InChI=1S/C9H10N2OS/c1-6-7(9(12)2-3-9)11-4-5-13-8(11)10-6/h4-5,12H,2-3H2,1H3. The van der Waals surface area contributed by atoms with E-state index in [9.17, 15) is 5.11 Å². The molecule has 1 N–H and O–H groups in total. The number of imidazole rings is 1. The highest BCUT2D eigenvalue weighted by Crippen LogP contribution is 2.46. The van der Waals surface area contributed by atoms with Crippen LogP contribution in [0.1, 0.15) is 24.2 Å². The highest BCUT2D eigenvalue weighted by molar-refractivity contribution is 7.15. The maximum absolute atomic E-state index is 10.0. The number of nitrogens with zero attached hydrogens (tertiary/aromatic N) is 2. The molecule has 3 nitrogen and oxygen atoms in total. The zero-order valence-electron chi connectivity index (χ0n) is 7.32. The maximum Gasteiger partial charge on any atom is 0.194 e. The molecule has 2 heterocycles. The normalized spacial score (nSPS) is 19.5. The van der Waals surface area contributed by atoms with Gasteiger partial charge in [-0.2, -0.15) is 0 Å². The van der Waals surface area contributed by atoms with Gasteiger partial charge in [0.2, 0.25) is 0 Å². The van der Waals surface area contributed by atoms with Crippen LogP contribution < -0.4 is 0 Å². The fourth-order valence-corrected chi connectivity index (χ4v) is 2.57. The van der Waals surface area contributed by atoms with E-state index in [-0.39, 0.29) is 0 Å². The first-order valence-corrected chi connectivity index (χ1v) is 5.24. The number of fused-ring (bicyclic) bond motifs is 1. The molecule has 0 aromatic carbocycles. The average Bonchev–Trinajstić information content (AvgIpc) is 2.55. The van der Waals surface area contributed by atoms with Gasteiger partial charge in [-0.1, -0.05) is 0 Å². The second-order valence-electron chi connectivity index (χ2n) is 3.63. The average molecular weight is 194 g/mol. The van der Waals surface area contributed by atoms with Crippen LogP contribution in [-0.2, 0) is 5.60 Å². The van der Waals surface area contributed by atoms with Crippen LogP contribution in [0.5, 0.6) is 0 Å². The summed E-state index contributed by atoms with van der Waals surface area (Å²) in [5.41, 5.74) is 1.38. The van der Waals surface area contributed by atoms with E-state index in [1.807, 2.05) is 22.9 Å². The molecule has 0 radical (unpaired) electrons. The van der Waals surface area contributed by atoms with Gasteiger partial charge in [-0.15, -0.1) is 11.3 Å². The van der Waals surface area contributed by atoms with Crippen LogP contribution >= 0.6 is 11.3 Å². The molecule has 4 heteroatoms. The van der Waals surface area contributed by atoms with Crippen molar-refractivity contribution in [3.63, 3.8) is 0 Å². The highest BCUT2D eigenvalue weighted by Gasteiger charge is 2.46. The Kier molecular flexibility index (Phi) is 1.24. The lowest BCUT2D eigenvalue weighted by Gasteiger charge is -2.06. The number of aliphatic hydroxyl groups is 1. The molecule has 3 rings (SSSR count). The number of thiazole rings is 1. The van der Waals surface area contributed by atoms with Gasteiger partial charge in [0.25, 0.3) is 0 Å². The van der Waals surface area contributed by atoms with Gasteiger partial charge in [-0.25, -0.2) is 4.98 Å². The molecule has 0 atom stereocenters. The van der Waals surface area contributed by atoms with Crippen LogP contribution in [0.4, 0.5) is 0 Å². The lowest BCUT2D eigenvalue weighted by Crippen LogP contribution is -2.09. The lowest BCUT2D eigenvalue weighted by molar-refractivity contribution is 0.145. The third kappa shape index (κ3) is 0.899. The van der Waals surface area contributed by atoms with Gasteiger partial charge in [-0.3, -0.25) is 4.40 Å². The summed E-state index contributed by atoms with van der Waals surface area (Å²) in [5.74, 6) is 0. The SMILES string of the molecule is Cc1nc2sccn2c1C1(O)CC1. The van der Waals surface area contributed by atoms with Gasteiger partial charge >= 0.3 is 0 Å². The Morgan fingerprint density at radius 2 is 2.38 bits per heavy atom. The second-order valence-corrected chi connectivity index (χ2v) is 4.51. The van der Waals surface area contributed by atoms with Crippen LogP contribution in [0.2, 0.25) is 0 Å². The van der Waals surface area contributed by atoms with Gasteiger partial charge in [0.15, 0.2) is 4.96 Å². The molecule has 1 saturated carbocycles. The van der Waals surface area contributed by atoms with Crippen molar-refractivity contribution >= 4 is 16.3 Å². The van der Waals surface area contributed by atoms with Crippen molar-refractivity contribution in [1.82, 2.24) is 9.38 Å². The van der Waals surface area contributed by atoms with Crippen LogP contribution in [-0.4, -0.2) is 14.5 Å². The highest BCUT2D eigenvalue weighted by atomic mass is 32.1. The predicted octanol–water partition coefficient (Wildman–Crippen LogP) is 1.69. The summed E-state index contributed by atoms with van der Waals surface area (Å²) >= 11 is 1.61. The molecule has 0 spiro atoms. The molecule has 1 aliphatic rings. The predicted molar refractivity (Wildman–Crippen MR) is 50.9 cm³/mol. The van der Waals surface area contributed by atoms with Crippen molar-refractivity contribution in [2.45, 2.75) is 25.4 Å². The molecule has 0 bridgehead atoms. The first kappa shape index (κ1) is 7.53. The van der Waals surface area contributed by atoms with Crippen molar-refractivity contribution in [3.8, 4) is 0 Å². The molecule has 0 amide bonds. The Morgan fingerprint density at radius 3 is 3.08 bits per heavy atom. The molecule has 2 aromatic heterocycles. The van der Waals surface area contributed by atoms with Crippen molar-refractivity contribution in [1.29, 1.82) is 0 Å². The summed E-state index contributed by atoms with van der Waals surface area (Å²) in [6.45, 7) is 1.96. The third-order valence-corrected chi connectivity index (χ3v) is 3.36. The molecule has 1 fully saturated rings. The van der Waals surface area contributed by atoms with E-state index in [4.69, 9.17) is 0 Å². The number of aromatic nitrogens is 2. The fraction of sp³-hybridized carbons (Fsp3) is 0.444. The monoisotopic (exact) mass is 194 g/mol. The summed E-state index contributed by atoms with van der Waals surface area (Å²) in [7, 11) is 0. The van der Waals surface area contributed by atoms with E-state index in [0.29, 0.717) is 0 Å². The summed E-state index contributed by atoms with van der Waals surface area (Å²) in [4.78, 5) is 5.38. The molecule has 0 aliphatic heterocycles. The van der Waals surface area contributed by atoms with E-state index in [2.05, 4.69) is 4.98 Å². The Hall–Kier alpha value is -0.870. The van der Waals surface area contributed by atoms with Gasteiger partial charge in [0, 0.05) is 11.6 Å². The summed E-state index contributed by atoms with van der Waals surface area (Å²) in [6, 6.07) is 0. The van der Waals surface area contributed by atoms with Crippen LogP contribution in [0.3, 0.4) is 0 Å². The van der Waals surface area contributed by atoms with Crippen molar-refractivity contribution in [2.75, 3.05) is 0 Å². The first-order chi connectivity index (χ1) is 6.21. The third-order valence-electron chi connectivity index (χ3n) is 2.60. The lowest BCUT2D eigenvalue weighted by atomic mass is 10.2. The van der Waals surface area contributed by atoms with Crippen molar-refractivity contribution in [2.24, 2.45) is 0 Å². The van der Waals surface area contributed by atoms with Crippen LogP contribution in [0, 0.1) is 6.92 Å². The Balaban J connectivity index is 2.35. The number of hydrogen-bond acceptors (Lipinski definition) is 3. The van der Waals surface area contributed by atoms with E-state index < -0.39 is 5.60 Å². The van der Waals surface area contributed by atoms with E-state index in [0.717, 1.165) is 29.2 Å². The second kappa shape index (κ2) is 2.13. The van der Waals surface area contributed by atoms with Gasteiger partial charge < -0.3 is 5.11 Å². The molecular formula is C9H10N2OS. The quantitative estimate of drug-likeness (QED) is 0.750. The molecule has 0 saturated heterocycles. The summed E-state index contributed by atoms with van der Waals surface area (Å²) < 4.78 is 2.01. The zero-order valence-corrected chi connectivity index (χ0v) is 8.14. The van der Waals surface area contributed by atoms with Crippen LogP contribution in [0.25, 0.3) is 4.96 Å². The molecular weight excluding hydrogens is 184 g/mol. The van der Waals surface area contributed by atoms with E-state index >= 15 is 0 Å². The number of rotatable bonds is 1. The Morgan fingerprint density at radius 1 is 1.62 bits per heavy atom. The minimum absolute atomic E-state index is 0.579. The van der Waals surface area contributed by atoms with E-state index in [1.54, 1.807) is 11.3 Å². The Bertz CT molecular complexity index is 467. The van der Waals surface area contributed by atoms with E-state index in [1.165, 1.54) is 0 Å². The van der Waals surface area contributed by atoms with Crippen molar-refractivity contribution < 1.29 is 5.11 Å². The zero-order chi connectivity index (χ0) is 9.05. The molecule has 68 valence electrons. The van der Waals surface area contributed by atoms with Crippen molar-refractivity contribution in [3.05, 3.63) is 23.0 Å². The molecule has 13 heavy (non-hydrogen) atoms. The topological polar surface area (TPSA) is 37.5 Å². The van der Waals surface area contributed by atoms with Gasteiger partial charge in [0.1, 0.15) is 5.60 Å². The smallest absolute Gasteiger partial charge is 0.194 e. The molecule has 1 aliphatic carbocycles. The van der Waals surface area contributed by atoms with Gasteiger partial charge in [0.05, 0.1) is 11.4 Å². The van der Waals surface area contributed by atoms with Gasteiger partial charge in [-0.05, 0) is 19.8 Å². The molecule has 0 unspecified atom stereocenters. The minimum Gasteiger partial charge on any atom is -0.384 e. The van der Waals surface area contributed by atoms with Crippen LogP contribution in [0.15, 0.2) is 11.6 Å². The number of aryl methyl sites for hydroxylation is 1. The summed E-state index contributed by atoms with van der Waals surface area (Å²) in [5, 5.41) is 12.0. The number of hydrogen-bond donors (Lipinski definition) is 1. The maximum atomic E-state index is 10.0. The largest absolute Gasteiger partial charge is 0.384 e. The fourth-order valence-electron chi connectivity index (χ4n) is 1.81. The molecule has 2 aromatic rings.